The van der Waals surface area contributed by atoms with Crippen LogP contribution in [0.3, 0.4) is 0 Å². The summed E-state index contributed by atoms with van der Waals surface area (Å²) < 4.78 is 69.1. The number of rotatable bonds is 3. The fraction of sp³-hybridized carbons (Fsp3) is 0.412. The van der Waals surface area contributed by atoms with Gasteiger partial charge in [0.05, 0.1) is 10.9 Å². The maximum absolute atomic E-state index is 15.6. The molecule has 1 saturated heterocycles. The van der Waals surface area contributed by atoms with Crippen LogP contribution in [-0.2, 0) is 6.50 Å². The summed E-state index contributed by atoms with van der Waals surface area (Å²) in [5.74, 6) is -4.24. The lowest BCUT2D eigenvalue weighted by atomic mass is 10.1. The number of halogens is 2. The molecule has 134 valence electrons. The van der Waals surface area contributed by atoms with Crippen molar-refractivity contribution in [3.63, 3.8) is 0 Å². The van der Waals surface area contributed by atoms with Gasteiger partial charge in [-0.25, -0.2) is 13.6 Å². The third-order valence-electron chi connectivity index (χ3n) is 4.19. The van der Waals surface area contributed by atoms with Crippen LogP contribution in [-0.4, -0.2) is 41.3 Å². The molecule has 2 heterocycles. The number of aromatic carboxylic acids is 1. The Morgan fingerprint density at radius 1 is 1.56 bits per heavy atom. The lowest BCUT2D eigenvalue weighted by Crippen LogP contribution is -2.49. The molecule has 1 aromatic heterocycles. The van der Waals surface area contributed by atoms with Crippen molar-refractivity contribution in [1.82, 2.24) is 9.88 Å². The average molecular weight is 356 g/mol. The summed E-state index contributed by atoms with van der Waals surface area (Å²) in [6.45, 7) is -3.98. The Bertz CT molecular complexity index is 1090. The second-order valence-electron chi connectivity index (χ2n) is 5.88. The van der Waals surface area contributed by atoms with Gasteiger partial charge in [-0.05, 0) is 19.8 Å². The predicted molar refractivity (Wildman–Crippen MR) is 90.4 cm³/mol. The Balaban J connectivity index is 2.44. The molecule has 1 unspecified atom stereocenters. The lowest BCUT2D eigenvalue weighted by molar-refractivity contribution is 0.0695. The number of hydrogen-bond acceptors (Lipinski definition) is 4. The number of aromatic nitrogens is 1. The molecule has 25 heavy (non-hydrogen) atoms. The third-order valence-corrected chi connectivity index (χ3v) is 4.19. The summed E-state index contributed by atoms with van der Waals surface area (Å²) in [6, 6.07) is 0.514. The standard InChI is InChI=1S/C17H19F2N3O3/c1-3-21-8-11(17(24)25)16(23)10-6-12(18)15(13(19)14(10)21)22-5-4-20-9(2)7-22/h6,8-9,20H,3-5,7H2,1-2H3,(H,24,25)/i1D3,3D2. The molecular formula is C17H19F2N3O3. The van der Waals surface area contributed by atoms with E-state index < -0.39 is 58.5 Å². The maximum atomic E-state index is 15.6. The maximum Gasteiger partial charge on any atom is 0.341 e. The molecule has 2 aromatic rings. The second-order valence-corrected chi connectivity index (χ2v) is 5.88. The van der Waals surface area contributed by atoms with Gasteiger partial charge in [-0.2, -0.15) is 0 Å². The quantitative estimate of drug-likeness (QED) is 0.877. The van der Waals surface area contributed by atoms with E-state index in [9.17, 15) is 19.1 Å². The van der Waals surface area contributed by atoms with Crippen LogP contribution in [0.1, 0.15) is 31.0 Å². The van der Waals surface area contributed by atoms with Crippen LogP contribution in [0.2, 0.25) is 0 Å². The van der Waals surface area contributed by atoms with Gasteiger partial charge < -0.3 is 19.9 Å². The fourth-order valence-electron chi connectivity index (χ4n) is 3.07. The topological polar surface area (TPSA) is 74.6 Å². The number of carbonyl (C=O) groups is 1. The van der Waals surface area contributed by atoms with Gasteiger partial charge in [0.15, 0.2) is 5.82 Å². The van der Waals surface area contributed by atoms with E-state index in [-0.39, 0.29) is 23.7 Å². The summed E-state index contributed by atoms with van der Waals surface area (Å²) in [7, 11) is 0. The highest BCUT2D eigenvalue weighted by molar-refractivity contribution is 5.93. The number of nitrogens with zero attached hydrogens (tertiary/aromatic N) is 2. The van der Waals surface area contributed by atoms with Crippen molar-refractivity contribution in [2.24, 2.45) is 0 Å². The number of aryl methyl sites for hydroxylation is 1. The average Bonchev–Trinajstić information content (AvgIpc) is 2.61. The number of hydrogen-bond donors (Lipinski definition) is 2. The Morgan fingerprint density at radius 2 is 2.32 bits per heavy atom. The Morgan fingerprint density at radius 3 is 2.96 bits per heavy atom. The lowest BCUT2D eigenvalue weighted by Gasteiger charge is -2.34. The first-order chi connectivity index (χ1) is 13.8. The number of benzene rings is 1. The SMILES string of the molecule is [2H]C([2H])([2H])C([2H])([2H])n1cc(C(=O)O)c(=O)c2cc(F)c(N3CCNC(C)C3)c(F)c21. The Labute approximate surface area is 149 Å². The Kier molecular flexibility index (Phi) is 3.08. The van der Waals surface area contributed by atoms with E-state index >= 15 is 4.39 Å². The largest absolute Gasteiger partial charge is 0.477 e. The number of carboxylic acid groups (broad SMARTS) is 1. The molecule has 0 amide bonds. The van der Waals surface area contributed by atoms with E-state index in [2.05, 4.69) is 5.32 Å². The summed E-state index contributed by atoms with van der Waals surface area (Å²) >= 11 is 0. The summed E-state index contributed by atoms with van der Waals surface area (Å²) in [5, 5.41) is 11.6. The van der Waals surface area contributed by atoms with Crippen molar-refractivity contribution in [2.75, 3.05) is 24.5 Å². The molecule has 6 nitrogen and oxygen atoms in total. The zero-order chi connectivity index (χ0) is 22.6. The monoisotopic (exact) mass is 356 g/mol. The van der Waals surface area contributed by atoms with Crippen LogP contribution in [0.4, 0.5) is 14.5 Å². The molecule has 3 rings (SSSR count). The first-order valence-electron chi connectivity index (χ1n) is 10.1. The van der Waals surface area contributed by atoms with Gasteiger partial charge in [0, 0.05) is 45.2 Å². The van der Waals surface area contributed by atoms with Crippen LogP contribution >= 0.6 is 0 Å². The summed E-state index contributed by atoms with van der Waals surface area (Å²) in [6.07, 6.45) is 0.449. The molecule has 1 aliphatic rings. The van der Waals surface area contributed by atoms with Gasteiger partial charge in [-0.15, -0.1) is 0 Å². The molecule has 0 radical (unpaired) electrons. The van der Waals surface area contributed by atoms with Gasteiger partial charge in [0.1, 0.15) is 17.1 Å². The molecule has 2 N–H and O–H groups in total. The van der Waals surface area contributed by atoms with Crippen molar-refractivity contribution in [2.45, 2.75) is 26.3 Å². The van der Waals surface area contributed by atoms with Crippen molar-refractivity contribution in [3.05, 3.63) is 39.7 Å². The van der Waals surface area contributed by atoms with Crippen LogP contribution in [0.15, 0.2) is 17.1 Å². The van der Waals surface area contributed by atoms with Gasteiger partial charge in [0.2, 0.25) is 5.43 Å². The van der Waals surface area contributed by atoms with Crippen LogP contribution < -0.4 is 15.6 Å². The minimum atomic E-state index is -3.34. The molecule has 0 spiro atoms. The van der Waals surface area contributed by atoms with E-state index in [1.807, 2.05) is 0 Å². The first-order valence-corrected chi connectivity index (χ1v) is 7.57. The fourth-order valence-corrected chi connectivity index (χ4v) is 3.07. The van der Waals surface area contributed by atoms with E-state index in [0.29, 0.717) is 18.8 Å². The van der Waals surface area contributed by atoms with Gasteiger partial charge in [0.25, 0.3) is 0 Å². The Hall–Kier alpha value is -2.48. The summed E-state index contributed by atoms with van der Waals surface area (Å²) in [5.41, 5.74) is -3.59. The summed E-state index contributed by atoms with van der Waals surface area (Å²) in [4.78, 5) is 25.3. The normalized spacial score (nSPS) is 22.0. The van der Waals surface area contributed by atoms with Gasteiger partial charge >= 0.3 is 5.97 Å². The zero-order valence-corrected chi connectivity index (χ0v) is 13.3. The molecular weight excluding hydrogens is 332 g/mol. The van der Waals surface area contributed by atoms with E-state index in [1.54, 1.807) is 6.92 Å². The minimum Gasteiger partial charge on any atom is -0.477 e. The molecule has 0 aliphatic carbocycles. The molecule has 1 aliphatic heterocycles. The molecule has 1 atom stereocenters. The number of fused-ring (bicyclic) bond motifs is 1. The van der Waals surface area contributed by atoms with Crippen molar-refractivity contribution in [1.29, 1.82) is 0 Å². The molecule has 1 fully saturated rings. The molecule has 1 aromatic carbocycles. The second kappa shape index (κ2) is 6.44. The highest BCUT2D eigenvalue weighted by Crippen LogP contribution is 2.30. The molecule has 8 heteroatoms. The first kappa shape index (κ1) is 12.0. The van der Waals surface area contributed by atoms with Crippen LogP contribution in [0, 0.1) is 11.6 Å². The number of carboxylic acids is 1. The van der Waals surface area contributed by atoms with E-state index in [0.717, 1.165) is 0 Å². The van der Waals surface area contributed by atoms with Crippen LogP contribution in [0.5, 0.6) is 0 Å². The zero-order valence-electron chi connectivity index (χ0n) is 18.3. The smallest absolute Gasteiger partial charge is 0.341 e. The number of pyridine rings is 1. The number of piperazine rings is 1. The minimum absolute atomic E-state index is 0.112. The van der Waals surface area contributed by atoms with Crippen molar-refractivity contribution < 1.29 is 25.5 Å². The van der Waals surface area contributed by atoms with Crippen LogP contribution in [0.25, 0.3) is 10.9 Å². The number of nitrogens with one attached hydrogen (secondary N) is 1. The highest BCUT2D eigenvalue weighted by atomic mass is 19.1. The predicted octanol–water partition coefficient (Wildman–Crippen LogP) is 1.80. The van der Waals surface area contributed by atoms with Crippen molar-refractivity contribution >= 4 is 22.6 Å². The van der Waals surface area contributed by atoms with Gasteiger partial charge in [-0.1, -0.05) is 0 Å². The third kappa shape index (κ3) is 2.86. The molecule has 0 bridgehead atoms. The van der Waals surface area contributed by atoms with E-state index in [4.69, 9.17) is 6.85 Å². The molecule has 0 saturated carbocycles. The van der Waals surface area contributed by atoms with E-state index in [1.165, 1.54) is 4.90 Å². The number of anilines is 1. The van der Waals surface area contributed by atoms with Gasteiger partial charge in [-0.3, -0.25) is 4.79 Å². The van der Waals surface area contributed by atoms with Crippen molar-refractivity contribution in [3.8, 4) is 0 Å². The highest BCUT2D eigenvalue weighted by Gasteiger charge is 2.26.